The van der Waals surface area contributed by atoms with Crippen molar-refractivity contribution in [1.29, 1.82) is 0 Å². The molecule has 0 aliphatic carbocycles. The van der Waals surface area contributed by atoms with E-state index in [9.17, 15) is 9.59 Å². The van der Waals surface area contributed by atoms with E-state index >= 15 is 0 Å². The summed E-state index contributed by atoms with van der Waals surface area (Å²) in [5.41, 5.74) is 0.140. The number of aromatic nitrogens is 4. The van der Waals surface area contributed by atoms with Crippen LogP contribution < -0.4 is 11.2 Å². The van der Waals surface area contributed by atoms with Crippen molar-refractivity contribution in [1.82, 2.24) is 19.2 Å². The zero-order chi connectivity index (χ0) is 13.6. The molecule has 0 aliphatic rings. The Morgan fingerprint density at radius 2 is 2.00 bits per heavy atom. The molecule has 3 aromatic rings. The molecule has 2 aromatic heterocycles. The molecule has 0 radical (unpaired) electrons. The fourth-order valence-electron chi connectivity index (χ4n) is 2.30. The molecule has 0 saturated heterocycles. The van der Waals surface area contributed by atoms with Gasteiger partial charge in [-0.1, -0.05) is 26.0 Å². The lowest BCUT2D eigenvalue weighted by Gasteiger charge is -2.11. The molecule has 0 bridgehead atoms. The Hall–Kier alpha value is -2.37. The lowest BCUT2D eigenvalue weighted by molar-refractivity contribution is 0.517. The van der Waals surface area contributed by atoms with E-state index < -0.39 is 0 Å². The molecule has 0 spiro atoms. The predicted octanol–water partition coefficient (Wildman–Crippen LogP) is 0.993. The Bertz CT molecular complexity index is 870. The van der Waals surface area contributed by atoms with E-state index in [0.717, 1.165) is 0 Å². The highest BCUT2D eigenvalue weighted by Crippen LogP contribution is 2.11. The van der Waals surface area contributed by atoms with Crippen LogP contribution in [0.4, 0.5) is 0 Å². The third-order valence-electron chi connectivity index (χ3n) is 3.06. The van der Waals surface area contributed by atoms with Crippen LogP contribution >= 0.6 is 0 Å². The zero-order valence-electron chi connectivity index (χ0n) is 10.8. The van der Waals surface area contributed by atoms with E-state index in [-0.39, 0.29) is 17.2 Å². The first-order valence-corrected chi connectivity index (χ1v) is 6.18. The molecule has 0 unspecified atom stereocenters. The highest BCUT2D eigenvalue weighted by atomic mass is 16.2. The molecule has 6 nitrogen and oxygen atoms in total. The zero-order valence-corrected chi connectivity index (χ0v) is 10.8. The first-order valence-electron chi connectivity index (χ1n) is 6.18. The molecule has 0 saturated carbocycles. The lowest BCUT2D eigenvalue weighted by atomic mass is 10.2. The van der Waals surface area contributed by atoms with Crippen molar-refractivity contribution in [2.75, 3.05) is 0 Å². The van der Waals surface area contributed by atoms with Crippen molar-refractivity contribution in [3.05, 3.63) is 45.1 Å². The number of hydrogen-bond donors (Lipinski definition) is 1. The van der Waals surface area contributed by atoms with Crippen molar-refractivity contribution < 1.29 is 0 Å². The van der Waals surface area contributed by atoms with Crippen LogP contribution in [0.25, 0.3) is 16.7 Å². The number of rotatable bonds is 2. The second kappa shape index (κ2) is 4.08. The van der Waals surface area contributed by atoms with Crippen LogP contribution in [0, 0.1) is 5.92 Å². The molecule has 1 aromatic carbocycles. The molecule has 0 atom stereocenters. The normalized spacial score (nSPS) is 11.7. The number of para-hydroxylation sites is 1. The van der Waals surface area contributed by atoms with E-state index in [1.165, 1.54) is 4.40 Å². The molecular formula is C13H14N4O2. The number of fused-ring (bicyclic) bond motifs is 3. The van der Waals surface area contributed by atoms with Gasteiger partial charge < -0.3 is 0 Å². The molecular weight excluding hydrogens is 244 g/mol. The average Bonchev–Trinajstić information content (AvgIpc) is 2.76. The lowest BCUT2D eigenvalue weighted by Crippen LogP contribution is -2.27. The molecule has 2 heterocycles. The maximum absolute atomic E-state index is 12.5. The van der Waals surface area contributed by atoms with Gasteiger partial charge in [0, 0.05) is 6.54 Å². The van der Waals surface area contributed by atoms with Crippen LogP contribution in [0.3, 0.4) is 0 Å². The van der Waals surface area contributed by atoms with Crippen molar-refractivity contribution in [2.24, 2.45) is 5.92 Å². The van der Waals surface area contributed by atoms with Gasteiger partial charge in [-0.05, 0) is 18.1 Å². The Morgan fingerprint density at radius 3 is 2.74 bits per heavy atom. The second-order valence-corrected chi connectivity index (χ2v) is 4.99. The fraction of sp³-hybridized carbons (Fsp3) is 0.308. The Morgan fingerprint density at radius 1 is 1.26 bits per heavy atom. The van der Waals surface area contributed by atoms with Gasteiger partial charge in [0.2, 0.25) is 5.78 Å². The first kappa shape index (κ1) is 11.7. The number of H-pyrrole nitrogens is 1. The van der Waals surface area contributed by atoms with Crippen molar-refractivity contribution in [3.63, 3.8) is 0 Å². The number of nitrogens with zero attached hydrogens (tertiary/aromatic N) is 3. The van der Waals surface area contributed by atoms with Crippen LogP contribution in [-0.2, 0) is 6.54 Å². The fourth-order valence-corrected chi connectivity index (χ4v) is 2.30. The maximum Gasteiger partial charge on any atom is 0.349 e. The van der Waals surface area contributed by atoms with Crippen molar-refractivity contribution >= 4 is 16.7 Å². The Balaban J connectivity index is 2.57. The number of hydrogen-bond acceptors (Lipinski definition) is 3. The Labute approximate surface area is 108 Å². The summed E-state index contributed by atoms with van der Waals surface area (Å²) in [5, 5.41) is 6.90. The van der Waals surface area contributed by atoms with Gasteiger partial charge in [-0.3, -0.25) is 9.36 Å². The third kappa shape index (κ3) is 1.68. The predicted molar refractivity (Wildman–Crippen MR) is 72.4 cm³/mol. The maximum atomic E-state index is 12.5. The summed E-state index contributed by atoms with van der Waals surface area (Å²) < 4.78 is 2.99. The second-order valence-electron chi connectivity index (χ2n) is 4.99. The number of benzene rings is 1. The van der Waals surface area contributed by atoms with E-state index in [1.54, 1.807) is 28.8 Å². The summed E-state index contributed by atoms with van der Waals surface area (Å²) in [6, 6.07) is 7.07. The minimum atomic E-state index is -0.330. The van der Waals surface area contributed by atoms with Crippen LogP contribution in [0.5, 0.6) is 0 Å². The summed E-state index contributed by atoms with van der Waals surface area (Å²) in [6.07, 6.45) is 0. The summed E-state index contributed by atoms with van der Waals surface area (Å²) in [5.74, 6) is 0.650. The van der Waals surface area contributed by atoms with Gasteiger partial charge in [-0.25, -0.2) is 14.3 Å². The molecule has 3 rings (SSSR count). The topological polar surface area (TPSA) is 72.2 Å². The van der Waals surface area contributed by atoms with Gasteiger partial charge >= 0.3 is 5.69 Å². The van der Waals surface area contributed by atoms with Gasteiger partial charge in [0.15, 0.2) is 0 Å². The van der Waals surface area contributed by atoms with Crippen LogP contribution in [-0.4, -0.2) is 19.2 Å². The van der Waals surface area contributed by atoms with Crippen molar-refractivity contribution in [3.8, 4) is 0 Å². The third-order valence-corrected chi connectivity index (χ3v) is 3.06. The average molecular weight is 258 g/mol. The molecule has 1 N–H and O–H groups in total. The van der Waals surface area contributed by atoms with Crippen LogP contribution in [0.15, 0.2) is 33.9 Å². The van der Waals surface area contributed by atoms with Gasteiger partial charge in [0.1, 0.15) is 0 Å². The molecule has 6 heteroatoms. The molecule has 98 valence electrons. The first-order chi connectivity index (χ1) is 9.09. The molecule has 0 fully saturated rings. The van der Waals surface area contributed by atoms with Gasteiger partial charge in [-0.15, -0.1) is 5.10 Å². The van der Waals surface area contributed by atoms with Gasteiger partial charge in [0.25, 0.3) is 5.56 Å². The van der Waals surface area contributed by atoms with Crippen molar-refractivity contribution in [2.45, 2.75) is 20.4 Å². The van der Waals surface area contributed by atoms with Crippen LogP contribution in [0.2, 0.25) is 0 Å². The summed E-state index contributed by atoms with van der Waals surface area (Å²) in [4.78, 5) is 24.4. The standard InChI is InChI=1S/C13H14N4O2/c1-8(2)7-16-11(18)9-5-3-4-6-10(9)17-12(16)14-15-13(17)19/h3-6,8H,7H2,1-2H3,(H,15,19). The number of nitrogens with one attached hydrogen (secondary N) is 1. The summed E-state index contributed by atoms with van der Waals surface area (Å²) >= 11 is 0. The largest absolute Gasteiger partial charge is 0.349 e. The molecule has 0 amide bonds. The van der Waals surface area contributed by atoms with Crippen LogP contribution in [0.1, 0.15) is 13.8 Å². The number of aromatic amines is 1. The van der Waals surface area contributed by atoms with Gasteiger partial charge in [-0.2, -0.15) is 0 Å². The summed E-state index contributed by atoms with van der Waals surface area (Å²) in [7, 11) is 0. The highest BCUT2D eigenvalue weighted by Gasteiger charge is 2.14. The summed E-state index contributed by atoms with van der Waals surface area (Å²) in [6.45, 7) is 4.56. The Kier molecular flexibility index (Phi) is 2.51. The van der Waals surface area contributed by atoms with E-state index in [0.29, 0.717) is 23.2 Å². The highest BCUT2D eigenvalue weighted by molar-refractivity contribution is 5.79. The molecule has 0 aliphatic heterocycles. The molecule has 19 heavy (non-hydrogen) atoms. The van der Waals surface area contributed by atoms with Gasteiger partial charge in [0.05, 0.1) is 10.9 Å². The van der Waals surface area contributed by atoms with E-state index in [2.05, 4.69) is 10.2 Å². The SMILES string of the molecule is CC(C)Cn1c(=O)c2ccccc2n2c(=O)[nH]nc12. The minimum absolute atomic E-state index is 0.115. The minimum Gasteiger partial charge on any atom is -0.276 e. The smallest absolute Gasteiger partial charge is 0.276 e. The van der Waals surface area contributed by atoms with E-state index in [1.807, 2.05) is 13.8 Å². The monoisotopic (exact) mass is 258 g/mol. The quantitative estimate of drug-likeness (QED) is 0.745. The van der Waals surface area contributed by atoms with E-state index in [4.69, 9.17) is 0 Å².